The van der Waals surface area contributed by atoms with Crippen LogP contribution in [0.5, 0.6) is 0 Å². The van der Waals surface area contributed by atoms with Crippen LogP contribution in [0.2, 0.25) is 0 Å². The average Bonchev–Trinajstić information content (AvgIpc) is 3.17. The van der Waals surface area contributed by atoms with Gasteiger partial charge in [-0.2, -0.15) is 0 Å². The number of benzene rings is 1. The molecule has 0 saturated heterocycles. The van der Waals surface area contributed by atoms with Gasteiger partial charge in [0.2, 0.25) is 10.0 Å². The minimum atomic E-state index is -3.55. The minimum Gasteiger partial charge on any atom is -0.468 e. The standard InChI is InChI=1S/C20H28N2O3S/c1-22(2)19(20-9-6-14-25-20)15-21-26(23,24)18-12-10-17(11-13-18)16-7-4-3-5-8-16/h6,9-14,16,19,21H,3-5,7-8,15H2,1-2H3. The second-order valence-electron chi connectivity index (χ2n) is 7.25. The molecule has 1 saturated carbocycles. The summed E-state index contributed by atoms with van der Waals surface area (Å²) < 4.78 is 33.5. The van der Waals surface area contributed by atoms with Gasteiger partial charge in [-0.25, -0.2) is 13.1 Å². The van der Waals surface area contributed by atoms with Crippen molar-refractivity contribution in [3.8, 4) is 0 Å². The lowest BCUT2D eigenvalue weighted by Gasteiger charge is -2.23. The summed E-state index contributed by atoms with van der Waals surface area (Å²) in [5, 5.41) is 0. The largest absolute Gasteiger partial charge is 0.468 e. The molecular weight excluding hydrogens is 348 g/mol. The van der Waals surface area contributed by atoms with Crippen LogP contribution in [0.1, 0.15) is 55.4 Å². The molecule has 1 aromatic carbocycles. The number of furan rings is 1. The summed E-state index contributed by atoms with van der Waals surface area (Å²) in [5.74, 6) is 1.32. The lowest BCUT2D eigenvalue weighted by Crippen LogP contribution is -2.34. The molecule has 1 heterocycles. The number of likely N-dealkylation sites (N-methyl/N-ethyl adjacent to an activating group) is 1. The number of nitrogens with zero attached hydrogens (tertiary/aromatic N) is 1. The average molecular weight is 377 g/mol. The molecule has 26 heavy (non-hydrogen) atoms. The number of hydrogen-bond donors (Lipinski definition) is 1. The zero-order valence-corrected chi connectivity index (χ0v) is 16.3. The molecule has 142 valence electrons. The van der Waals surface area contributed by atoms with E-state index in [-0.39, 0.29) is 12.6 Å². The van der Waals surface area contributed by atoms with Gasteiger partial charge in [0.15, 0.2) is 0 Å². The third-order valence-corrected chi connectivity index (χ3v) is 6.67. The van der Waals surface area contributed by atoms with Crippen LogP contribution in [0.3, 0.4) is 0 Å². The van der Waals surface area contributed by atoms with Crippen LogP contribution >= 0.6 is 0 Å². The number of sulfonamides is 1. The van der Waals surface area contributed by atoms with E-state index in [2.05, 4.69) is 4.72 Å². The van der Waals surface area contributed by atoms with Crippen molar-refractivity contribution in [3.05, 3.63) is 54.0 Å². The highest BCUT2D eigenvalue weighted by Gasteiger charge is 2.22. The maximum absolute atomic E-state index is 12.7. The fourth-order valence-electron chi connectivity index (χ4n) is 3.65. The van der Waals surface area contributed by atoms with Crippen LogP contribution < -0.4 is 4.72 Å². The van der Waals surface area contributed by atoms with E-state index in [4.69, 9.17) is 4.42 Å². The Morgan fingerprint density at radius 2 is 1.81 bits per heavy atom. The second-order valence-corrected chi connectivity index (χ2v) is 9.02. The Morgan fingerprint density at radius 3 is 2.38 bits per heavy atom. The molecule has 0 bridgehead atoms. The zero-order valence-electron chi connectivity index (χ0n) is 15.5. The van der Waals surface area contributed by atoms with Gasteiger partial charge in [0, 0.05) is 6.54 Å². The maximum atomic E-state index is 12.7. The predicted molar refractivity (Wildman–Crippen MR) is 103 cm³/mol. The molecule has 1 aliphatic carbocycles. The van der Waals surface area contributed by atoms with Crippen molar-refractivity contribution in [1.29, 1.82) is 0 Å². The van der Waals surface area contributed by atoms with Crippen LogP contribution in [0.4, 0.5) is 0 Å². The highest BCUT2D eigenvalue weighted by molar-refractivity contribution is 7.89. The molecule has 1 aromatic heterocycles. The highest BCUT2D eigenvalue weighted by Crippen LogP contribution is 2.32. The molecule has 0 radical (unpaired) electrons. The van der Waals surface area contributed by atoms with Gasteiger partial charge in [0.25, 0.3) is 0 Å². The van der Waals surface area contributed by atoms with Gasteiger partial charge in [0.1, 0.15) is 5.76 Å². The van der Waals surface area contributed by atoms with E-state index in [0.29, 0.717) is 10.8 Å². The molecule has 1 atom stereocenters. The summed E-state index contributed by atoms with van der Waals surface area (Å²) in [5.41, 5.74) is 1.26. The molecule has 2 aromatic rings. The Balaban J connectivity index is 1.67. The molecule has 3 rings (SSSR count). The summed E-state index contributed by atoms with van der Waals surface area (Å²) >= 11 is 0. The van der Waals surface area contributed by atoms with Gasteiger partial charge >= 0.3 is 0 Å². The number of rotatable bonds is 7. The third-order valence-electron chi connectivity index (χ3n) is 5.23. The first-order valence-corrected chi connectivity index (χ1v) is 10.7. The van der Waals surface area contributed by atoms with Crippen molar-refractivity contribution in [3.63, 3.8) is 0 Å². The molecule has 0 aliphatic heterocycles. The molecule has 6 heteroatoms. The summed E-state index contributed by atoms with van der Waals surface area (Å²) in [4.78, 5) is 2.25. The van der Waals surface area contributed by atoms with Crippen molar-refractivity contribution in [2.24, 2.45) is 0 Å². The number of hydrogen-bond acceptors (Lipinski definition) is 4. The van der Waals surface area contributed by atoms with Crippen LogP contribution in [-0.2, 0) is 10.0 Å². The van der Waals surface area contributed by atoms with Crippen molar-refractivity contribution in [1.82, 2.24) is 9.62 Å². The fraction of sp³-hybridized carbons (Fsp3) is 0.500. The molecular formula is C20H28N2O3S. The lowest BCUT2D eigenvalue weighted by molar-refractivity contribution is 0.259. The first-order chi connectivity index (χ1) is 12.5. The van der Waals surface area contributed by atoms with Gasteiger partial charge < -0.3 is 4.42 Å². The van der Waals surface area contributed by atoms with Crippen LogP contribution in [0, 0.1) is 0 Å². The van der Waals surface area contributed by atoms with Crippen LogP contribution in [-0.4, -0.2) is 34.0 Å². The topological polar surface area (TPSA) is 62.6 Å². The van der Waals surface area contributed by atoms with Gasteiger partial charge in [-0.3, -0.25) is 4.90 Å². The first-order valence-electron chi connectivity index (χ1n) is 9.27. The summed E-state index contributed by atoms with van der Waals surface area (Å²) in [6, 6.07) is 10.9. The minimum absolute atomic E-state index is 0.152. The predicted octanol–water partition coefficient (Wildman–Crippen LogP) is 3.91. The summed E-state index contributed by atoms with van der Waals surface area (Å²) in [6.45, 7) is 0.257. The maximum Gasteiger partial charge on any atom is 0.240 e. The van der Waals surface area contributed by atoms with Gasteiger partial charge in [0.05, 0.1) is 17.2 Å². The fourth-order valence-corrected chi connectivity index (χ4v) is 4.68. The molecule has 1 unspecified atom stereocenters. The van der Waals surface area contributed by atoms with Crippen molar-refractivity contribution in [2.75, 3.05) is 20.6 Å². The van der Waals surface area contributed by atoms with E-state index < -0.39 is 10.0 Å². The second kappa shape index (κ2) is 8.37. The Labute approximate surface area is 156 Å². The first kappa shape index (κ1) is 19.1. The monoisotopic (exact) mass is 376 g/mol. The van der Waals surface area contributed by atoms with E-state index in [1.165, 1.54) is 37.7 Å². The van der Waals surface area contributed by atoms with Crippen LogP contribution in [0.15, 0.2) is 52.0 Å². The SMILES string of the molecule is CN(C)C(CNS(=O)(=O)c1ccc(C2CCCCC2)cc1)c1ccco1. The van der Waals surface area contributed by atoms with Crippen LogP contribution in [0.25, 0.3) is 0 Å². The quantitative estimate of drug-likeness (QED) is 0.796. The molecule has 1 aliphatic rings. The summed E-state index contributed by atoms with van der Waals surface area (Å²) in [6.07, 6.45) is 7.87. The van der Waals surface area contributed by atoms with Gasteiger partial charge in [-0.1, -0.05) is 31.4 Å². The van der Waals surface area contributed by atoms with E-state index >= 15 is 0 Å². The van der Waals surface area contributed by atoms with E-state index in [1.807, 2.05) is 43.3 Å². The van der Waals surface area contributed by atoms with Crippen molar-refractivity contribution >= 4 is 10.0 Å². The lowest BCUT2D eigenvalue weighted by atomic mass is 9.84. The Hall–Kier alpha value is -1.63. The zero-order chi connectivity index (χ0) is 18.6. The highest BCUT2D eigenvalue weighted by atomic mass is 32.2. The molecule has 0 amide bonds. The molecule has 1 fully saturated rings. The number of nitrogens with one attached hydrogen (secondary N) is 1. The van der Waals surface area contributed by atoms with Gasteiger partial charge in [-0.05, 0) is 62.7 Å². The Morgan fingerprint density at radius 1 is 1.12 bits per heavy atom. The smallest absolute Gasteiger partial charge is 0.240 e. The molecule has 0 spiro atoms. The van der Waals surface area contributed by atoms with Gasteiger partial charge in [-0.15, -0.1) is 0 Å². The Kier molecular flexibility index (Phi) is 6.16. The van der Waals surface area contributed by atoms with Crippen molar-refractivity contribution < 1.29 is 12.8 Å². The van der Waals surface area contributed by atoms with Crippen molar-refractivity contribution in [2.45, 2.75) is 49.0 Å². The van der Waals surface area contributed by atoms with E-state index in [0.717, 1.165) is 5.76 Å². The third kappa shape index (κ3) is 4.55. The van der Waals surface area contributed by atoms with E-state index in [9.17, 15) is 8.42 Å². The summed E-state index contributed by atoms with van der Waals surface area (Å²) in [7, 11) is 0.261. The Bertz CT molecular complexity index is 777. The molecule has 1 N–H and O–H groups in total. The van der Waals surface area contributed by atoms with E-state index in [1.54, 1.807) is 18.4 Å². The molecule has 5 nitrogen and oxygen atoms in total. The normalized spacial score (nSPS) is 17.5.